The van der Waals surface area contributed by atoms with Crippen molar-refractivity contribution in [2.75, 3.05) is 39.6 Å². The van der Waals surface area contributed by atoms with E-state index in [2.05, 4.69) is 20.8 Å². The Morgan fingerprint density at radius 1 is 0.561 bits per heavy atom. The number of ether oxygens (including phenoxy) is 6. The summed E-state index contributed by atoms with van der Waals surface area (Å²) >= 11 is 0. The summed E-state index contributed by atoms with van der Waals surface area (Å²) in [5, 5.41) is 53.8. The Labute approximate surface area is 246 Å². The smallest absolute Gasteiger partial charge is 0.224 e. The fourth-order valence-electron chi connectivity index (χ4n) is 5.10. The van der Waals surface area contributed by atoms with Crippen LogP contribution < -0.4 is 0 Å². The van der Waals surface area contributed by atoms with Crippen molar-refractivity contribution < 1.29 is 54.0 Å². The molecule has 0 amide bonds. The number of aliphatic hydroxyl groups is 5. The van der Waals surface area contributed by atoms with E-state index in [1.165, 1.54) is 0 Å². The highest BCUT2D eigenvalue weighted by atomic mass is 16.8. The standard InChI is InChI=1S/C30H58O11/c1-4-7-10-13-16-36-19-22-24(31)26(33)27(34)29(39-22)41-30(21-38-18-15-12-9-6-3)28(35)25(32)23(40-30)20-37-17-14-11-8-5-2/h22-29,31-35H,4-21H2,1-3H3/t22-,23-,24-,25-,26+,27-,28+,29-,30+/m1/s1. The van der Waals surface area contributed by atoms with Crippen LogP contribution in [0.25, 0.3) is 0 Å². The molecule has 2 aliphatic heterocycles. The molecule has 11 nitrogen and oxygen atoms in total. The number of aliphatic hydroxyl groups excluding tert-OH is 5. The van der Waals surface area contributed by atoms with Crippen molar-refractivity contribution in [3.63, 3.8) is 0 Å². The molecule has 2 rings (SSSR count). The molecule has 0 bridgehead atoms. The van der Waals surface area contributed by atoms with Crippen LogP contribution in [0.15, 0.2) is 0 Å². The number of rotatable bonds is 23. The summed E-state index contributed by atoms with van der Waals surface area (Å²) < 4.78 is 35.2. The lowest BCUT2D eigenvalue weighted by molar-refractivity contribution is -0.386. The van der Waals surface area contributed by atoms with Gasteiger partial charge in [-0.25, -0.2) is 0 Å². The van der Waals surface area contributed by atoms with Gasteiger partial charge in [0.15, 0.2) is 6.29 Å². The van der Waals surface area contributed by atoms with E-state index in [4.69, 9.17) is 28.4 Å². The molecule has 2 aliphatic rings. The Bertz CT molecular complexity index is 656. The maximum absolute atomic E-state index is 11.1. The molecule has 2 heterocycles. The van der Waals surface area contributed by atoms with Gasteiger partial charge < -0.3 is 54.0 Å². The van der Waals surface area contributed by atoms with E-state index in [1.807, 2.05) is 0 Å². The average Bonchev–Trinajstić information content (AvgIpc) is 3.20. The third kappa shape index (κ3) is 11.9. The van der Waals surface area contributed by atoms with Gasteiger partial charge in [0, 0.05) is 19.8 Å². The predicted octanol–water partition coefficient (Wildman–Crippen LogP) is 2.42. The highest BCUT2D eigenvalue weighted by Crippen LogP contribution is 2.37. The first-order chi connectivity index (χ1) is 19.8. The minimum absolute atomic E-state index is 0.0155. The number of unbranched alkanes of at least 4 members (excludes halogenated alkanes) is 9. The van der Waals surface area contributed by atoms with Gasteiger partial charge in [-0.3, -0.25) is 0 Å². The van der Waals surface area contributed by atoms with Crippen molar-refractivity contribution in [3.05, 3.63) is 0 Å². The molecule has 9 atom stereocenters. The van der Waals surface area contributed by atoms with Crippen LogP contribution >= 0.6 is 0 Å². The summed E-state index contributed by atoms with van der Waals surface area (Å²) in [6.45, 7) is 7.51. The largest absolute Gasteiger partial charge is 0.387 e. The van der Waals surface area contributed by atoms with Crippen LogP contribution in [0.4, 0.5) is 0 Å². The third-order valence-corrected chi connectivity index (χ3v) is 7.78. The minimum atomic E-state index is -1.89. The maximum Gasteiger partial charge on any atom is 0.224 e. The Kier molecular flexibility index (Phi) is 18.4. The van der Waals surface area contributed by atoms with E-state index in [-0.39, 0.29) is 19.8 Å². The Morgan fingerprint density at radius 2 is 1.07 bits per heavy atom. The molecule has 0 aromatic carbocycles. The quantitative estimate of drug-likeness (QED) is 0.111. The molecule has 0 spiro atoms. The zero-order chi connectivity index (χ0) is 30.1. The molecule has 0 saturated carbocycles. The first-order valence-corrected chi connectivity index (χ1v) is 16.0. The van der Waals surface area contributed by atoms with Crippen molar-refractivity contribution >= 4 is 0 Å². The highest BCUT2D eigenvalue weighted by molar-refractivity contribution is 4.99. The molecular weight excluding hydrogens is 536 g/mol. The lowest BCUT2D eigenvalue weighted by atomic mass is 9.99. The molecule has 5 N–H and O–H groups in total. The van der Waals surface area contributed by atoms with Crippen LogP contribution in [0, 0.1) is 0 Å². The van der Waals surface area contributed by atoms with Gasteiger partial charge in [0.1, 0.15) is 49.3 Å². The van der Waals surface area contributed by atoms with Crippen LogP contribution in [-0.4, -0.2) is 120 Å². The second kappa shape index (κ2) is 20.5. The first-order valence-electron chi connectivity index (χ1n) is 16.0. The zero-order valence-corrected chi connectivity index (χ0v) is 25.5. The Hall–Kier alpha value is -0.440. The summed E-state index contributed by atoms with van der Waals surface area (Å²) in [6.07, 6.45) is 1.31. The van der Waals surface area contributed by atoms with Crippen LogP contribution in [0.3, 0.4) is 0 Å². The molecule has 0 aromatic rings. The van der Waals surface area contributed by atoms with Gasteiger partial charge in [0.2, 0.25) is 5.79 Å². The third-order valence-electron chi connectivity index (χ3n) is 7.78. The highest BCUT2D eigenvalue weighted by Gasteiger charge is 2.59. The van der Waals surface area contributed by atoms with Gasteiger partial charge in [-0.15, -0.1) is 0 Å². The van der Waals surface area contributed by atoms with Crippen molar-refractivity contribution in [3.8, 4) is 0 Å². The number of hydrogen-bond acceptors (Lipinski definition) is 11. The molecule has 0 radical (unpaired) electrons. The van der Waals surface area contributed by atoms with Crippen molar-refractivity contribution in [1.29, 1.82) is 0 Å². The van der Waals surface area contributed by atoms with Gasteiger partial charge in [0.25, 0.3) is 0 Å². The molecule has 0 aliphatic carbocycles. The monoisotopic (exact) mass is 594 g/mol. The molecule has 0 aromatic heterocycles. The van der Waals surface area contributed by atoms with Gasteiger partial charge in [-0.2, -0.15) is 0 Å². The fourth-order valence-corrected chi connectivity index (χ4v) is 5.10. The van der Waals surface area contributed by atoms with Crippen molar-refractivity contribution in [2.24, 2.45) is 0 Å². The Morgan fingerprint density at radius 3 is 1.61 bits per heavy atom. The molecule has 41 heavy (non-hydrogen) atoms. The first kappa shape index (κ1) is 36.8. The van der Waals surface area contributed by atoms with E-state index in [1.54, 1.807) is 0 Å². The van der Waals surface area contributed by atoms with Crippen LogP contribution in [-0.2, 0) is 28.4 Å². The summed E-state index contributed by atoms with van der Waals surface area (Å²) in [7, 11) is 0. The second-order valence-electron chi connectivity index (χ2n) is 11.4. The lowest BCUT2D eigenvalue weighted by Crippen LogP contribution is -2.63. The fraction of sp³-hybridized carbons (Fsp3) is 1.00. The molecule has 2 fully saturated rings. The van der Waals surface area contributed by atoms with Gasteiger partial charge >= 0.3 is 0 Å². The van der Waals surface area contributed by atoms with E-state index >= 15 is 0 Å². The molecule has 11 heteroatoms. The van der Waals surface area contributed by atoms with Gasteiger partial charge in [-0.1, -0.05) is 78.6 Å². The lowest BCUT2D eigenvalue weighted by Gasteiger charge is -2.44. The average molecular weight is 595 g/mol. The summed E-state index contributed by atoms with van der Waals surface area (Å²) in [5.41, 5.74) is 0. The van der Waals surface area contributed by atoms with E-state index in [9.17, 15) is 25.5 Å². The normalized spacial score (nSPS) is 34.0. The molecule has 2 saturated heterocycles. The van der Waals surface area contributed by atoms with Crippen LogP contribution in [0.1, 0.15) is 97.8 Å². The summed E-state index contributed by atoms with van der Waals surface area (Å²) in [5.74, 6) is -1.89. The second-order valence-corrected chi connectivity index (χ2v) is 11.4. The van der Waals surface area contributed by atoms with E-state index in [0.29, 0.717) is 19.8 Å². The van der Waals surface area contributed by atoms with Crippen LogP contribution in [0.2, 0.25) is 0 Å². The molecule has 0 unspecified atom stereocenters. The predicted molar refractivity (Wildman–Crippen MR) is 152 cm³/mol. The number of hydrogen-bond donors (Lipinski definition) is 5. The van der Waals surface area contributed by atoms with Gasteiger partial charge in [0.05, 0.1) is 13.2 Å². The zero-order valence-electron chi connectivity index (χ0n) is 25.5. The van der Waals surface area contributed by atoms with E-state index < -0.39 is 54.8 Å². The Balaban J connectivity index is 2.06. The minimum Gasteiger partial charge on any atom is -0.387 e. The summed E-state index contributed by atoms with van der Waals surface area (Å²) in [6, 6.07) is 0. The SMILES string of the molecule is CCCCCCOC[C@H]1O[C@@](COCCCCCC)(O[C@H]2O[C@H](COCCCCCC)[C@@H](O)[C@H](O)[C@H]2O)[C@@H](O)[C@@H]1O. The van der Waals surface area contributed by atoms with Crippen molar-refractivity contribution in [1.82, 2.24) is 0 Å². The van der Waals surface area contributed by atoms with E-state index in [0.717, 1.165) is 77.0 Å². The molecular formula is C30H58O11. The van der Waals surface area contributed by atoms with Crippen molar-refractivity contribution in [2.45, 2.75) is 153 Å². The molecule has 244 valence electrons. The maximum atomic E-state index is 11.1. The topological polar surface area (TPSA) is 157 Å². The van der Waals surface area contributed by atoms with Crippen LogP contribution in [0.5, 0.6) is 0 Å². The summed E-state index contributed by atoms with van der Waals surface area (Å²) in [4.78, 5) is 0. The van der Waals surface area contributed by atoms with Gasteiger partial charge in [-0.05, 0) is 19.3 Å².